The summed E-state index contributed by atoms with van der Waals surface area (Å²) in [5.41, 5.74) is -0.682. The number of aromatic nitrogens is 2. The van der Waals surface area contributed by atoms with Gasteiger partial charge in [0, 0.05) is 6.04 Å². The van der Waals surface area contributed by atoms with Crippen molar-refractivity contribution in [3.05, 3.63) is 0 Å². The Kier molecular flexibility index (Phi) is 6.76. The Balaban J connectivity index is 1.51. The van der Waals surface area contributed by atoms with E-state index in [0.29, 0.717) is 6.04 Å². The van der Waals surface area contributed by atoms with Gasteiger partial charge < -0.3 is 10.6 Å². The lowest BCUT2D eigenvalue weighted by molar-refractivity contribution is -0.121. The van der Waals surface area contributed by atoms with Crippen LogP contribution in [-0.4, -0.2) is 32.9 Å². The molecule has 2 aliphatic rings. The molecule has 0 spiro atoms. The highest BCUT2D eigenvalue weighted by Gasteiger charge is 2.35. The van der Waals surface area contributed by atoms with Gasteiger partial charge in [-0.05, 0) is 32.6 Å². The molecule has 2 N–H and O–H groups in total. The van der Waals surface area contributed by atoms with Gasteiger partial charge in [-0.2, -0.15) is 5.26 Å². The van der Waals surface area contributed by atoms with E-state index in [1.165, 1.54) is 55.2 Å². The molecular weight excluding hydrogens is 366 g/mol. The van der Waals surface area contributed by atoms with Gasteiger partial charge in [0.25, 0.3) is 0 Å². The van der Waals surface area contributed by atoms with Gasteiger partial charge in [-0.1, -0.05) is 61.6 Å². The van der Waals surface area contributed by atoms with Gasteiger partial charge >= 0.3 is 0 Å². The average Bonchev–Trinajstić information content (AvgIpc) is 3.10. The summed E-state index contributed by atoms with van der Waals surface area (Å²) in [6, 6.07) is 2.84. The predicted octanol–water partition coefficient (Wildman–Crippen LogP) is 4.11. The van der Waals surface area contributed by atoms with Crippen molar-refractivity contribution in [1.29, 1.82) is 5.26 Å². The number of carbonyl (C=O) groups excluding carboxylic acids is 1. The number of rotatable bonds is 6. The second-order valence-electron chi connectivity index (χ2n) is 7.36. The Morgan fingerprint density at radius 2 is 1.92 bits per heavy atom. The molecule has 1 amide bonds. The minimum atomic E-state index is -0.682. The van der Waals surface area contributed by atoms with E-state index >= 15 is 0 Å². The fourth-order valence-electron chi connectivity index (χ4n) is 3.70. The van der Waals surface area contributed by atoms with E-state index in [2.05, 4.69) is 26.9 Å². The average molecular weight is 394 g/mol. The summed E-state index contributed by atoms with van der Waals surface area (Å²) in [4.78, 5) is 12.6. The second kappa shape index (κ2) is 9.05. The van der Waals surface area contributed by atoms with Crippen molar-refractivity contribution in [3.8, 4) is 6.07 Å². The Labute approximate surface area is 163 Å². The highest BCUT2D eigenvalue weighted by Crippen LogP contribution is 2.32. The van der Waals surface area contributed by atoms with Crippen molar-refractivity contribution in [2.75, 3.05) is 5.32 Å². The zero-order valence-electron chi connectivity index (χ0n) is 15.3. The number of hydrogen-bond acceptors (Lipinski definition) is 7. The van der Waals surface area contributed by atoms with E-state index in [0.717, 1.165) is 41.6 Å². The molecule has 3 rings (SSSR count). The highest BCUT2D eigenvalue weighted by atomic mass is 32.2. The molecule has 1 heterocycles. The van der Waals surface area contributed by atoms with Gasteiger partial charge in [-0.15, -0.1) is 10.2 Å². The summed E-state index contributed by atoms with van der Waals surface area (Å²) in [5.74, 6) is -0.0876. The molecule has 1 aromatic rings. The van der Waals surface area contributed by atoms with E-state index < -0.39 is 5.54 Å². The quantitative estimate of drug-likeness (QED) is 0.707. The van der Waals surface area contributed by atoms with Gasteiger partial charge in [0.1, 0.15) is 5.54 Å². The van der Waals surface area contributed by atoms with Gasteiger partial charge in [0.15, 0.2) is 4.34 Å². The third kappa shape index (κ3) is 5.10. The maximum absolute atomic E-state index is 12.6. The number of thioether (sulfide) groups is 1. The highest BCUT2D eigenvalue weighted by molar-refractivity contribution is 8.02. The molecule has 0 unspecified atom stereocenters. The van der Waals surface area contributed by atoms with Crippen molar-refractivity contribution < 1.29 is 4.79 Å². The predicted molar refractivity (Wildman–Crippen MR) is 105 cm³/mol. The maximum Gasteiger partial charge on any atom is 0.234 e. The SMILES string of the molecule is C[C@H](Sc1nnc(NC2CCCCC2)s1)C(=O)NC1(C#N)CCCCC1. The minimum Gasteiger partial charge on any atom is -0.357 e. The fourth-order valence-corrected chi connectivity index (χ4v) is 5.67. The molecule has 2 aliphatic carbocycles. The third-order valence-electron chi connectivity index (χ3n) is 5.27. The molecule has 0 bridgehead atoms. The lowest BCUT2D eigenvalue weighted by Crippen LogP contribution is -2.50. The molecule has 8 heteroatoms. The van der Waals surface area contributed by atoms with E-state index in [1.807, 2.05) is 6.92 Å². The van der Waals surface area contributed by atoms with Crippen molar-refractivity contribution in [2.24, 2.45) is 0 Å². The first-order valence-corrected chi connectivity index (χ1v) is 11.3. The molecule has 2 fully saturated rings. The van der Waals surface area contributed by atoms with E-state index in [9.17, 15) is 10.1 Å². The number of hydrogen-bond donors (Lipinski definition) is 2. The third-order valence-corrected chi connectivity index (χ3v) is 7.31. The summed E-state index contributed by atoms with van der Waals surface area (Å²) >= 11 is 2.92. The first-order chi connectivity index (χ1) is 12.6. The van der Waals surface area contributed by atoms with Crippen LogP contribution in [0.4, 0.5) is 5.13 Å². The van der Waals surface area contributed by atoms with Crippen LogP contribution in [0.2, 0.25) is 0 Å². The summed E-state index contributed by atoms with van der Waals surface area (Å²) in [5, 5.41) is 25.0. The summed E-state index contributed by atoms with van der Waals surface area (Å²) in [6.45, 7) is 1.86. The zero-order chi connectivity index (χ0) is 18.4. The van der Waals surface area contributed by atoms with E-state index in [1.54, 1.807) is 0 Å². The largest absolute Gasteiger partial charge is 0.357 e. The van der Waals surface area contributed by atoms with Crippen LogP contribution in [0, 0.1) is 11.3 Å². The summed E-state index contributed by atoms with van der Waals surface area (Å²) in [6.07, 6.45) is 10.9. The monoisotopic (exact) mass is 393 g/mol. The Morgan fingerprint density at radius 1 is 1.23 bits per heavy atom. The van der Waals surface area contributed by atoms with E-state index in [4.69, 9.17) is 0 Å². The Hall–Kier alpha value is -1.33. The maximum atomic E-state index is 12.6. The van der Waals surface area contributed by atoms with Crippen LogP contribution >= 0.6 is 23.1 Å². The zero-order valence-corrected chi connectivity index (χ0v) is 16.9. The Bertz CT molecular complexity index is 644. The van der Waals surface area contributed by atoms with Gasteiger partial charge in [0.2, 0.25) is 11.0 Å². The van der Waals surface area contributed by atoms with Crippen LogP contribution < -0.4 is 10.6 Å². The van der Waals surface area contributed by atoms with Crippen LogP contribution in [0.25, 0.3) is 0 Å². The van der Waals surface area contributed by atoms with Crippen LogP contribution in [0.5, 0.6) is 0 Å². The second-order valence-corrected chi connectivity index (χ2v) is 9.92. The van der Waals surface area contributed by atoms with Crippen molar-refractivity contribution in [2.45, 2.75) is 92.3 Å². The molecule has 1 aromatic heterocycles. The minimum absolute atomic E-state index is 0.0876. The molecule has 1 atom stereocenters. The van der Waals surface area contributed by atoms with Gasteiger partial charge in [-0.25, -0.2) is 0 Å². The standard InChI is InChI=1S/C18H27N5OS2/c1-13(15(24)21-18(12-19)10-6-3-7-11-18)25-17-23-22-16(26-17)20-14-8-4-2-5-9-14/h13-14H,2-11H2,1H3,(H,20,22)(H,21,24)/t13-/m0/s1. The first-order valence-electron chi connectivity index (χ1n) is 9.60. The van der Waals surface area contributed by atoms with Crippen molar-refractivity contribution >= 4 is 34.1 Å². The van der Waals surface area contributed by atoms with Gasteiger partial charge in [-0.3, -0.25) is 4.79 Å². The number of carbonyl (C=O) groups is 1. The van der Waals surface area contributed by atoms with Crippen LogP contribution in [-0.2, 0) is 4.79 Å². The first kappa shape index (κ1) is 19.4. The van der Waals surface area contributed by atoms with Gasteiger partial charge in [0.05, 0.1) is 11.3 Å². The topological polar surface area (TPSA) is 90.7 Å². The Morgan fingerprint density at radius 3 is 2.62 bits per heavy atom. The summed E-state index contributed by atoms with van der Waals surface area (Å²) < 4.78 is 0.792. The molecule has 6 nitrogen and oxygen atoms in total. The molecule has 0 radical (unpaired) electrons. The number of nitrogens with zero attached hydrogens (tertiary/aromatic N) is 3. The molecule has 0 saturated heterocycles. The molecule has 0 aliphatic heterocycles. The molecule has 2 saturated carbocycles. The number of amides is 1. The number of nitrogens with one attached hydrogen (secondary N) is 2. The van der Waals surface area contributed by atoms with Crippen molar-refractivity contribution in [3.63, 3.8) is 0 Å². The summed E-state index contributed by atoms with van der Waals surface area (Å²) in [7, 11) is 0. The molecule has 142 valence electrons. The van der Waals surface area contributed by atoms with Crippen LogP contribution in [0.1, 0.15) is 71.1 Å². The number of anilines is 1. The molecule has 26 heavy (non-hydrogen) atoms. The van der Waals surface area contributed by atoms with Crippen LogP contribution in [0.3, 0.4) is 0 Å². The van der Waals surface area contributed by atoms with E-state index in [-0.39, 0.29) is 11.2 Å². The fraction of sp³-hybridized carbons (Fsp3) is 0.778. The smallest absolute Gasteiger partial charge is 0.234 e. The van der Waals surface area contributed by atoms with Crippen molar-refractivity contribution in [1.82, 2.24) is 15.5 Å². The molecule has 0 aromatic carbocycles. The number of nitriles is 1. The lowest BCUT2D eigenvalue weighted by atomic mass is 9.83. The van der Waals surface area contributed by atoms with Crippen LogP contribution in [0.15, 0.2) is 4.34 Å². The lowest BCUT2D eigenvalue weighted by Gasteiger charge is -2.32. The molecular formula is C18H27N5OS2. The normalized spacial score (nSPS) is 21.5.